The molecule has 2 aliphatic heterocycles. The molecule has 0 aliphatic carbocycles. The first-order chi connectivity index (χ1) is 29.4. The van der Waals surface area contributed by atoms with Crippen LogP contribution in [0.15, 0.2) is 71.7 Å². The highest BCUT2D eigenvalue weighted by molar-refractivity contribution is 5.69. The van der Waals surface area contributed by atoms with Crippen LogP contribution < -0.4 is 15.7 Å². The molecule has 6 heterocycles. The highest BCUT2D eigenvalue weighted by Crippen LogP contribution is 2.34. The van der Waals surface area contributed by atoms with E-state index in [0.29, 0.717) is 33.3 Å². The summed E-state index contributed by atoms with van der Waals surface area (Å²) in [7, 11) is 1.37. The van der Waals surface area contributed by atoms with Gasteiger partial charge in [-0.3, -0.25) is 19.1 Å². The van der Waals surface area contributed by atoms with Crippen molar-refractivity contribution >= 4 is 22.3 Å². The number of fused-ring (bicyclic) bond motifs is 2. The third-order valence-corrected chi connectivity index (χ3v) is 10.2. The fourth-order valence-electron chi connectivity index (χ4n) is 6.86. The molecule has 24 nitrogen and oxygen atoms in total. The molecule has 6 aromatic rings. The molecule has 2 unspecified atom stereocenters. The van der Waals surface area contributed by atoms with E-state index in [1.807, 2.05) is 0 Å². The number of rotatable bonds is 9. The third-order valence-electron chi connectivity index (χ3n) is 10.2. The van der Waals surface area contributed by atoms with Crippen molar-refractivity contribution in [3.8, 4) is 23.0 Å². The first-order valence-electron chi connectivity index (χ1n) is 18.6. The molecule has 24 heteroatoms. The van der Waals surface area contributed by atoms with Crippen molar-refractivity contribution in [3.05, 3.63) is 83.8 Å². The van der Waals surface area contributed by atoms with Gasteiger partial charge in [0.25, 0.3) is 0 Å². The summed E-state index contributed by atoms with van der Waals surface area (Å²) in [5.74, 6) is -0.00901. The summed E-state index contributed by atoms with van der Waals surface area (Å²) in [6, 6.07) is 9.44. The Labute approximate surface area is 342 Å². The lowest BCUT2D eigenvalue weighted by Gasteiger charge is -2.40. The van der Waals surface area contributed by atoms with E-state index in [-0.39, 0.29) is 47.2 Å². The average molecular weight is 853 g/mol. The fourth-order valence-corrected chi connectivity index (χ4v) is 6.86. The van der Waals surface area contributed by atoms with E-state index in [2.05, 4.69) is 39.9 Å². The molecule has 326 valence electrons. The molecule has 8 rings (SSSR count). The van der Waals surface area contributed by atoms with Crippen LogP contribution in [-0.4, -0.2) is 164 Å². The van der Waals surface area contributed by atoms with Gasteiger partial charge in [-0.05, 0) is 12.1 Å². The van der Waals surface area contributed by atoms with E-state index in [1.54, 1.807) is 24.3 Å². The molecule has 61 heavy (non-hydrogen) atoms. The van der Waals surface area contributed by atoms with Crippen LogP contribution in [0.5, 0.6) is 23.0 Å². The topological polar surface area (TPSA) is 368 Å². The summed E-state index contributed by atoms with van der Waals surface area (Å²) in [4.78, 5) is 31.5. The van der Waals surface area contributed by atoms with Crippen molar-refractivity contribution in [2.45, 2.75) is 74.4 Å². The third kappa shape index (κ3) is 8.49. The Morgan fingerprint density at radius 2 is 1.11 bits per heavy atom. The number of hydrogen-bond acceptors (Lipinski definition) is 20. The molecule has 0 spiro atoms. The molecular formula is C37H44N10O14. The van der Waals surface area contributed by atoms with Crippen molar-refractivity contribution in [2.24, 2.45) is 9.98 Å². The summed E-state index contributed by atoms with van der Waals surface area (Å²) in [5.41, 5.74) is 3.00. The van der Waals surface area contributed by atoms with E-state index in [1.165, 1.54) is 53.7 Å². The lowest BCUT2D eigenvalue weighted by molar-refractivity contribution is -0.250. The Balaban J connectivity index is 0.000000185. The van der Waals surface area contributed by atoms with Gasteiger partial charge in [0.15, 0.2) is 46.2 Å². The van der Waals surface area contributed by atoms with Crippen LogP contribution in [0.3, 0.4) is 0 Å². The lowest BCUT2D eigenvalue weighted by Crippen LogP contribution is -2.56. The van der Waals surface area contributed by atoms with Crippen LogP contribution in [0.2, 0.25) is 0 Å². The van der Waals surface area contributed by atoms with Crippen LogP contribution in [0, 0.1) is 0 Å². The Hall–Kier alpha value is -6.06. The van der Waals surface area contributed by atoms with Crippen LogP contribution in [0.1, 0.15) is 23.6 Å². The van der Waals surface area contributed by atoms with Gasteiger partial charge in [0.05, 0.1) is 46.1 Å². The van der Waals surface area contributed by atoms with Gasteiger partial charge in [0, 0.05) is 17.2 Å². The smallest absolute Gasteiger partial charge is 0.177 e. The maximum atomic E-state index is 10.4. The summed E-state index contributed by atoms with van der Waals surface area (Å²) >= 11 is 0. The highest BCUT2D eigenvalue weighted by Gasteiger charge is 2.46. The first kappa shape index (κ1) is 43.0. The van der Waals surface area contributed by atoms with Crippen molar-refractivity contribution < 1.29 is 70.4 Å². The number of aliphatic hydroxyl groups excluding tert-OH is 8. The van der Waals surface area contributed by atoms with Crippen LogP contribution in [0.4, 0.5) is 0 Å². The maximum Gasteiger partial charge on any atom is 0.177 e. The number of aromatic nitrogens is 8. The minimum atomic E-state index is -1.55. The molecule has 0 bridgehead atoms. The molecule has 13 N–H and O–H groups in total. The van der Waals surface area contributed by atoms with Crippen molar-refractivity contribution in [3.63, 3.8) is 0 Å². The maximum absolute atomic E-state index is 10.4. The van der Waals surface area contributed by atoms with Crippen molar-refractivity contribution in [2.75, 3.05) is 20.3 Å². The molecule has 2 saturated heterocycles. The second-order valence-corrected chi connectivity index (χ2v) is 14.0. The van der Waals surface area contributed by atoms with Gasteiger partial charge in [-0.2, -0.15) is 0 Å². The lowest BCUT2D eigenvalue weighted by atomic mass is 9.98. The van der Waals surface area contributed by atoms with Gasteiger partial charge in [-0.15, -0.1) is 0 Å². The monoisotopic (exact) mass is 852 g/mol. The van der Waals surface area contributed by atoms with Gasteiger partial charge in [-0.25, -0.2) is 19.9 Å². The van der Waals surface area contributed by atoms with E-state index in [9.17, 15) is 56.2 Å². The summed E-state index contributed by atoms with van der Waals surface area (Å²) in [6.45, 7) is -0.926. The van der Waals surface area contributed by atoms with E-state index < -0.39 is 74.5 Å². The number of benzene rings is 2. The van der Waals surface area contributed by atoms with Gasteiger partial charge < -0.3 is 80.4 Å². The molecule has 0 amide bonds. The number of hydrogen-bond donors (Lipinski definition) is 13. The molecule has 0 saturated carbocycles. The minimum absolute atomic E-state index is 0.0193. The Morgan fingerprint density at radius 1 is 0.623 bits per heavy atom. The number of imidazole rings is 2. The Bertz CT molecular complexity index is 2590. The number of methoxy groups -OCH3 is 1. The Morgan fingerprint density at radius 3 is 1.59 bits per heavy atom. The van der Waals surface area contributed by atoms with Crippen molar-refractivity contribution in [1.29, 1.82) is 0 Å². The number of aliphatic hydroxyl groups is 8. The average Bonchev–Trinajstić information content (AvgIpc) is 3.97. The number of phenols is 3. The second kappa shape index (κ2) is 18.3. The standard InChI is InChI=1S/C19H23N5O8.C18H21N5O6/c1-31-11-3-9(26)8(2-10(11)27)4-20-17-13-18(22-6-21-13)24(7-23-17)19-16(30)15(29)14(28)12(5-25)32-19;24-6-11-13(26)14(27)15(28)18(29-11)23-8-22-16(12-17(23)21-7-20-12)19-5-9-3-1-2-4-10(9)25/h2-3,6-7,12,14-16,19,25-30H,4-5H2,1H3,(H,21,22);1-4,7-8,11,13-15,18,24-28H,5-6H2,(H,20,21)/t12-,14-,15+,16-,19?;11-,13-,14+,15-,18?/m11/s1. The predicted octanol–water partition coefficient (Wildman–Crippen LogP) is -3.21. The van der Waals surface area contributed by atoms with E-state index in [0.717, 1.165) is 0 Å². The fraction of sp³-hybridized carbons (Fsp3) is 0.405. The van der Waals surface area contributed by atoms with Gasteiger partial charge in [-0.1, -0.05) is 18.2 Å². The number of para-hydroxylation sites is 1. The van der Waals surface area contributed by atoms with Crippen molar-refractivity contribution in [1.82, 2.24) is 39.0 Å². The molecular weight excluding hydrogens is 808 g/mol. The SMILES string of the molecule is COc1cc(O)c(CN=c2ncn(C3O[C@H](CO)[C@@H](O)[C@H](O)[C@H]3O)c3nc[nH]c23)cc1O.OC[C@H]1OC(n2cnc(=NCc3ccccc3O)c3[nH]cnc32)[C@H](O)[C@@H](O)[C@@H]1O. The number of nitrogens with zero attached hydrogens (tertiary/aromatic N) is 8. The summed E-state index contributed by atoms with van der Waals surface area (Å²) < 4.78 is 18.8. The zero-order valence-corrected chi connectivity index (χ0v) is 32.1. The van der Waals surface area contributed by atoms with E-state index in [4.69, 9.17) is 14.2 Å². The normalized spacial score (nSPS) is 27.3. The largest absolute Gasteiger partial charge is 0.508 e. The van der Waals surface area contributed by atoms with Gasteiger partial charge in [0.2, 0.25) is 0 Å². The Kier molecular flexibility index (Phi) is 12.9. The number of phenolic OH excluding ortho intramolecular Hbond substituents is 3. The highest BCUT2D eigenvalue weighted by atomic mass is 16.6. The van der Waals surface area contributed by atoms with Gasteiger partial charge >= 0.3 is 0 Å². The molecule has 10 atom stereocenters. The van der Waals surface area contributed by atoms with Crippen LogP contribution in [-0.2, 0) is 22.6 Å². The minimum Gasteiger partial charge on any atom is -0.508 e. The van der Waals surface area contributed by atoms with Crippen LogP contribution in [0.25, 0.3) is 22.3 Å². The second-order valence-electron chi connectivity index (χ2n) is 14.0. The van der Waals surface area contributed by atoms with Crippen LogP contribution >= 0.6 is 0 Å². The zero-order chi connectivity index (χ0) is 43.5. The van der Waals surface area contributed by atoms with E-state index >= 15 is 0 Å². The number of nitrogens with one attached hydrogen (secondary N) is 2. The predicted molar refractivity (Wildman–Crippen MR) is 205 cm³/mol. The summed E-state index contributed by atoms with van der Waals surface area (Å²) in [6.07, 6.45) is -8.00. The number of H-pyrrole nitrogens is 2. The quantitative estimate of drug-likeness (QED) is 0.0637. The number of ether oxygens (including phenoxy) is 3. The number of aromatic amines is 2. The summed E-state index contributed by atoms with van der Waals surface area (Å²) in [5, 5.41) is 110. The zero-order valence-electron chi connectivity index (χ0n) is 32.1. The molecule has 4 aromatic heterocycles. The molecule has 2 fully saturated rings. The molecule has 2 aliphatic rings. The molecule has 2 aromatic carbocycles. The molecule has 0 radical (unpaired) electrons. The number of aromatic hydroxyl groups is 3. The first-order valence-corrected chi connectivity index (χ1v) is 18.6. The van der Waals surface area contributed by atoms with Gasteiger partial charge in [0.1, 0.15) is 84.0 Å².